The van der Waals surface area contributed by atoms with E-state index < -0.39 is 10.0 Å². The molecule has 0 saturated carbocycles. The second kappa shape index (κ2) is 9.39. The van der Waals surface area contributed by atoms with Gasteiger partial charge in [0.05, 0.1) is 11.9 Å². The molecule has 0 aliphatic heterocycles. The normalized spacial score (nSPS) is 11.9. The second-order valence-corrected chi connectivity index (χ2v) is 10.1. The van der Waals surface area contributed by atoms with Crippen LogP contribution in [0.25, 0.3) is 0 Å². The summed E-state index contributed by atoms with van der Waals surface area (Å²) in [6.45, 7) is 6.38. The summed E-state index contributed by atoms with van der Waals surface area (Å²) in [4.78, 5) is 12.3. The number of aryl methyl sites for hydroxylation is 1. The third-order valence-corrected chi connectivity index (χ3v) is 5.73. The van der Waals surface area contributed by atoms with Gasteiger partial charge in [-0.15, -0.1) is 0 Å². The highest BCUT2D eigenvalue weighted by Gasteiger charge is 2.21. The maximum atomic E-state index is 12.9. The van der Waals surface area contributed by atoms with Gasteiger partial charge in [-0.3, -0.25) is 9.10 Å². The van der Waals surface area contributed by atoms with Crippen molar-refractivity contribution in [1.29, 1.82) is 0 Å². The van der Waals surface area contributed by atoms with Crippen molar-refractivity contribution in [2.24, 2.45) is 0 Å². The second-order valence-electron chi connectivity index (χ2n) is 8.15. The summed E-state index contributed by atoms with van der Waals surface area (Å²) in [6.07, 6.45) is 2.47. The van der Waals surface area contributed by atoms with E-state index in [0.29, 0.717) is 25.1 Å². The molecule has 0 aliphatic carbocycles. The summed E-state index contributed by atoms with van der Waals surface area (Å²) < 4.78 is 38.4. The van der Waals surface area contributed by atoms with Crippen LogP contribution in [0.4, 0.5) is 10.1 Å². The zero-order valence-electron chi connectivity index (χ0n) is 17.4. The number of carbonyl (C=O) groups is 1. The third-order valence-electron chi connectivity index (χ3n) is 4.59. The standard InChI is InChI=1S/C22H29FN2O3S/c1-22(2,3)18-9-13-20(14-10-18)25(29(4,27)28)16-21(26)24-15-5-6-17-7-11-19(23)12-8-17/h7-14H,5-6,15-16H2,1-4H3,(H,24,26). The van der Waals surface area contributed by atoms with Crippen molar-refractivity contribution in [2.75, 3.05) is 23.7 Å². The van der Waals surface area contributed by atoms with Crippen LogP contribution in [0.1, 0.15) is 38.3 Å². The third kappa shape index (κ3) is 7.16. The SMILES string of the molecule is CC(C)(C)c1ccc(N(CC(=O)NCCCc2ccc(F)cc2)S(C)(=O)=O)cc1. The van der Waals surface area contributed by atoms with Crippen LogP contribution in [-0.4, -0.2) is 33.7 Å². The summed E-state index contributed by atoms with van der Waals surface area (Å²) in [5, 5.41) is 2.75. The molecule has 2 aromatic rings. The van der Waals surface area contributed by atoms with Crippen molar-refractivity contribution in [2.45, 2.75) is 39.0 Å². The molecule has 158 valence electrons. The summed E-state index contributed by atoms with van der Waals surface area (Å²) in [5.41, 5.74) is 2.48. The molecule has 0 radical (unpaired) electrons. The van der Waals surface area contributed by atoms with Gasteiger partial charge in [0.25, 0.3) is 0 Å². The first-order valence-electron chi connectivity index (χ1n) is 9.56. The number of hydrogen-bond donors (Lipinski definition) is 1. The predicted molar refractivity (Wildman–Crippen MR) is 115 cm³/mol. The van der Waals surface area contributed by atoms with Crippen LogP contribution in [-0.2, 0) is 26.7 Å². The van der Waals surface area contributed by atoms with E-state index in [4.69, 9.17) is 0 Å². The number of sulfonamides is 1. The van der Waals surface area contributed by atoms with E-state index in [1.807, 2.05) is 12.1 Å². The summed E-state index contributed by atoms with van der Waals surface area (Å²) in [6, 6.07) is 13.5. The maximum absolute atomic E-state index is 12.9. The number of nitrogens with zero attached hydrogens (tertiary/aromatic N) is 1. The first kappa shape index (κ1) is 22.9. The molecule has 0 aromatic heterocycles. The minimum absolute atomic E-state index is 0.0453. The van der Waals surface area contributed by atoms with E-state index in [0.717, 1.165) is 21.7 Å². The first-order chi connectivity index (χ1) is 13.5. The number of benzene rings is 2. The lowest BCUT2D eigenvalue weighted by Gasteiger charge is -2.24. The fourth-order valence-corrected chi connectivity index (χ4v) is 3.74. The smallest absolute Gasteiger partial charge is 0.240 e. The quantitative estimate of drug-likeness (QED) is 0.663. The number of hydrogen-bond acceptors (Lipinski definition) is 3. The molecule has 0 bridgehead atoms. The Morgan fingerprint density at radius 1 is 1.03 bits per heavy atom. The van der Waals surface area contributed by atoms with Crippen LogP contribution in [0.3, 0.4) is 0 Å². The van der Waals surface area contributed by atoms with Gasteiger partial charge in [-0.25, -0.2) is 12.8 Å². The Kier molecular flexibility index (Phi) is 7.41. The lowest BCUT2D eigenvalue weighted by molar-refractivity contribution is -0.119. The van der Waals surface area contributed by atoms with Gasteiger partial charge in [0.1, 0.15) is 12.4 Å². The summed E-state index contributed by atoms with van der Waals surface area (Å²) in [7, 11) is -3.60. The molecular formula is C22H29FN2O3S. The van der Waals surface area contributed by atoms with Gasteiger partial charge in [-0.2, -0.15) is 0 Å². The molecule has 29 heavy (non-hydrogen) atoms. The van der Waals surface area contributed by atoms with Crippen molar-refractivity contribution >= 4 is 21.6 Å². The number of anilines is 1. The molecule has 2 rings (SSSR count). The minimum Gasteiger partial charge on any atom is -0.355 e. The van der Waals surface area contributed by atoms with Gasteiger partial charge in [0, 0.05) is 6.54 Å². The average Bonchev–Trinajstić information content (AvgIpc) is 2.63. The highest BCUT2D eigenvalue weighted by Crippen LogP contribution is 2.25. The van der Waals surface area contributed by atoms with E-state index >= 15 is 0 Å². The van der Waals surface area contributed by atoms with Crippen LogP contribution in [0.15, 0.2) is 48.5 Å². The molecule has 0 spiro atoms. The van der Waals surface area contributed by atoms with Gasteiger partial charge in [-0.1, -0.05) is 45.0 Å². The molecule has 0 aliphatic rings. The Balaban J connectivity index is 1.94. The first-order valence-corrected chi connectivity index (χ1v) is 11.4. The molecule has 0 heterocycles. The number of amides is 1. The van der Waals surface area contributed by atoms with Gasteiger partial charge in [0.2, 0.25) is 15.9 Å². The van der Waals surface area contributed by atoms with E-state index in [-0.39, 0.29) is 23.7 Å². The van der Waals surface area contributed by atoms with E-state index in [1.54, 1.807) is 24.3 Å². The van der Waals surface area contributed by atoms with Crippen molar-refractivity contribution < 1.29 is 17.6 Å². The monoisotopic (exact) mass is 420 g/mol. The van der Waals surface area contributed by atoms with Crippen molar-refractivity contribution in [1.82, 2.24) is 5.32 Å². The Morgan fingerprint density at radius 2 is 1.62 bits per heavy atom. The topological polar surface area (TPSA) is 66.5 Å². The highest BCUT2D eigenvalue weighted by molar-refractivity contribution is 7.92. The van der Waals surface area contributed by atoms with Crippen molar-refractivity contribution in [3.05, 3.63) is 65.5 Å². The molecule has 1 N–H and O–H groups in total. The zero-order chi connectivity index (χ0) is 21.7. The van der Waals surface area contributed by atoms with Gasteiger partial charge >= 0.3 is 0 Å². The molecule has 0 unspecified atom stereocenters. The van der Waals surface area contributed by atoms with Crippen LogP contribution in [0, 0.1) is 5.82 Å². The molecule has 7 heteroatoms. The Bertz CT molecular complexity index is 918. The zero-order valence-corrected chi connectivity index (χ0v) is 18.2. The molecule has 5 nitrogen and oxygen atoms in total. The molecule has 0 saturated heterocycles. The van der Waals surface area contributed by atoms with Gasteiger partial charge in [0.15, 0.2) is 0 Å². The Labute approximate surface area is 173 Å². The van der Waals surface area contributed by atoms with Crippen LogP contribution in [0.2, 0.25) is 0 Å². The van der Waals surface area contributed by atoms with E-state index in [2.05, 4.69) is 26.1 Å². The summed E-state index contributed by atoms with van der Waals surface area (Å²) in [5.74, 6) is -0.645. The molecule has 0 atom stereocenters. The molecule has 0 fully saturated rings. The highest BCUT2D eigenvalue weighted by atomic mass is 32.2. The fourth-order valence-electron chi connectivity index (χ4n) is 2.89. The average molecular weight is 421 g/mol. The lowest BCUT2D eigenvalue weighted by atomic mass is 9.87. The number of carbonyl (C=O) groups excluding carboxylic acids is 1. The van der Waals surface area contributed by atoms with Gasteiger partial charge < -0.3 is 5.32 Å². The van der Waals surface area contributed by atoms with Crippen LogP contribution >= 0.6 is 0 Å². The van der Waals surface area contributed by atoms with E-state index in [1.165, 1.54) is 12.1 Å². The number of halogens is 1. The van der Waals surface area contributed by atoms with Gasteiger partial charge in [-0.05, 0) is 53.6 Å². The van der Waals surface area contributed by atoms with Crippen molar-refractivity contribution in [3.8, 4) is 0 Å². The van der Waals surface area contributed by atoms with Crippen LogP contribution in [0.5, 0.6) is 0 Å². The van der Waals surface area contributed by atoms with E-state index in [9.17, 15) is 17.6 Å². The lowest BCUT2D eigenvalue weighted by Crippen LogP contribution is -2.40. The number of nitrogens with one attached hydrogen (secondary N) is 1. The largest absolute Gasteiger partial charge is 0.355 e. The van der Waals surface area contributed by atoms with Crippen LogP contribution < -0.4 is 9.62 Å². The Hall–Kier alpha value is -2.41. The predicted octanol–water partition coefficient (Wildman–Crippen LogP) is 3.64. The molecule has 1 amide bonds. The summed E-state index contributed by atoms with van der Waals surface area (Å²) >= 11 is 0. The molecule has 2 aromatic carbocycles. The van der Waals surface area contributed by atoms with Crippen molar-refractivity contribution in [3.63, 3.8) is 0 Å². The fraction of sp³-hybridized carbons (Fsp3) is 0.409. The number of rotatable bonds is 8. The maximum Gasteiger partial charge on any atom is 0.240 e. The Morgan fingerprint density at radius 3 is 2.14 bits per heavy atom. The molecular weight excluding hydrogens is 391 g/mol. The minimum atomic E-state index is -3.60.